The van der Waals surface area contributed by atoms with E-state index in [2.05, 4.69) is 37.6 Å². The third-order valence-electron chi connectivity index (χ3n) is 6.21. The lowest BCUT2D eigenvalue weighted by atomic mass is 10.1. The summed E-state index contributed by atoms with van der Waals surface area (Å²) >= 11 is 0. The number of rotatable bonds is 6. The Bertz CT molecular complexity index is 1170. The Morgan fingerprint density at radius 3 is 2.49 bits per heavy atom. The molecular weight excluding hydrogens is 446 g/mol. The van der Waals surface area contributed by atoms with Gasteiger partial charge in [0.15, 0.2) is 6.10 Å². The number of carbonyl (C=O) groups excluding carboxylic acids is 1. The zero-order valence-electron chi connectivity index (χ0n) is 20.0. The largest absolute Gasteiger partial charge is 0.441 e. The molecule has 0 spiro atoms. The van der Waals surface area contributed by atoms with Gasteiger partial charge in [0, 0.05) is 37.2 Å². The fourth-order valence-corrected chi connectivity index (χ4v) is 4.30. The van der Waals surface area contributed by atoms with Crippen LogP contribution in [0.4, 0.5) is 22.1 Å². The Labute approximate surface area is 204 Å². The molecule has 182 valence electrons. The van der Waals surface area contributed by atoms with Crippen molar-refractivity contribution >= 4 is 23.4 Å². The van der Waals surface area contributed by atoms with Crippen molar-refractivity contribution in [1.82, 2.24) is 9.97 Å². The van der Waals surface area contributed by atoms with Crippen LogP contribution in [-0.2, 0) is 14.2 Å². The van der Waals surface area contributed by atoms with Gasteiger partial charge in [0.1, 0.15) is 12.2 Å². The van der Waals surface area contributed by atoms with Crippen LogP contribution in [0.5, 0.6) is 0 Å². The Hall–Kier alpha value is -3.69. The Morgan fingerprint density at radius 1 is 1.00 bits per heavy atom. The number of benzene rings is 2. The smallest absolute Gasteiger partial charge is 0.412 e. The molecule has 9 nitrogen and oxygen atoms in total. The van der Waals surface area contributed by atoms with Crippen LogP contribution < -0.4 is 15.5 Å². The number of hydrogen-bond donors (Lipinski definition) is 2. The predicted molar refractivity (Wildman–Crippen MR) is 134 cm³/mol. The van der Waals surface area contributed by atoms with E-state index >= 15 is 0 Å². The van der Waals surface area contributed by atoms with Crippen molar-refractivity contribution in [3.8, 4) is 11.3 Å². The first-order chi connectivity index (χ1) is 17.0. The van der Waals surface area contributed by atoms with E-state index in [-0.39, 0.29) is 24.9 Å². The van der Waals surface area contributed by atoms with Crippen LogP contribution in [0.1, 0.15) is 5.56 Å². The van der Waals surface area contributed by atoms with Crippen LogP contribution in [0, 0.1) is 6.92 Å². The van der Waals surface area contributed by atoms with E-state index in [1.54, 1.807) is 6.20 Å². The van der Waals surface area contributed by atoms with Crippen LogP contribution in [0.15, 0.2) is 60.8 Å². The minimum Gasteiger partial charge on any atom is -0.441 e. The fourth-order valence-electron chi connectivity index (χ4n) is 4.30. The van der Waals surface area contributed by atoms with Crippen molar-refractivity contribution < 1.29 is 19.0 Å². The lowest BCUT2D eigenvalue weighted by molar-refractivity contribution is 0.00917. The van der Waals surface area contributed by atoms with Crippen molar-refractivity contribution in [1.29, 1.82) is 0 Å². The number of nitrogens with zero attached hydrogens (tertiary/aromatic N) is 3. The van der Waals surface area contributed by atoms with Crippen LogP contribution >= 0.6 is 0 Å². The van der Waals surface area contributed by atoms with Gasteiger partial charge in [-0.1, -0.05) is 29.8 Å². The molecule has 2 fully saturated rings. The number of amides is 1. The van der Waals surface area contributed by atoms with Crippen LogP contribution in [-0.4, -0.2) is 67.7 Å². The molecule has 2 aliphatic heterocycles. The summed E-state index contributed by atoms with van der Waals surface area (Å²) in [6.07, 6.45) is 0.102. The summed E-state index contributed by atoms with van der Waals surface area (Å²) in [6, 6.07) is 17.4. The van der Waals surface area contributed by atoms with Gasteiger partial charge in [-0.2, -0.15) is 0 Å². The first-order valence-electron chi connectivity index (χ1n) is 11.6. The molecule has 3 heterocycles. The quantitative estimate of drug-likeness (QED) is 0.557. The van der Waals surface area contributed by atoms with Crippen molar-refractivity contribution in [3.63, 3.8) is 0 Å². The number of nitrogens with one attached hydrogen (secondary N) is 2. The third kappa shape index (κ3) is 5.21. The lowest BCUT2D eigenvalue weighted by Gasteiger charge is -2.18. The van der Waals surface area contributed by atoms with E-state index in [4.69, 9.17) is 14.2 Å². The second kappa shape index (κ2) is 9.89. The topological polar surface area (TPSA) is 97.8 Å². The van der Waals surface area contributed by atoms with Crippen LogP contribution in [0.3, 0.4) is 0 Å². The normalized spacial score (nSPS) is 22.9. The molecule has 4 atom stereocenters. The average Bonchev–Trinajstić information content (AvgIpc) is 3.44. The maximum atomic E-state index is 12.4. The molecule has 1 aromatic heterocycles. The summed E-state index contributed by atoms with van der Waals surface area (Å²) in [4.78, 5) is 23.5. The number of aromatic nitrogens is 2. The van der Waals surface area contributed by atoms with Crippen molar-refractivity contribution in [2.75, 3.05) is 42.8 Å². The summed E-state index contributed by atoms with van der Waals surface area (Å²) in [5.74, 6) is 0.499. The molecule has 2 aromatic carbocycles. The summed E-state index contributed by atoms with van der Waals surface area (Å²) < 4.78 is 17.5. The minimum absolute atomic E-state index is 0.153. The van der Waals surface area contributed by atoms with Gasteiger partial charge in [0.2, 0.25) is 5.95 Å². The molecule has 0 aliphatic carbocycles. The molecule has 35 heavy (non-hydrogen) atoms. The number of aryl methyl sites for hydroxylation is 1. The monoisotopic (exact) mass is 475 g/mol. The van der Waals surface area contributed by atoms with E-state index in [0.717, 1.165) is 22.5 Å². The van der Waals surface area contributed by atoms with E-state index in [9.17, 15) is 4.79 Å². The Balaban J connectivity index is 1.19. The SMILES string of the molecule is Cc1ccc(NC(=O)O[C@@H]2CO[C@H]3[C@@H]2OC[C@@H]3Nc2nccc(-c3ccc(N(C)C)cc3)n2)cc1. The highest BCUT2D eigenvalue weighted by atomic mass is 16.6. The zero-order valence-corrected chi connectivity index (χ0v) is 20.0. The molecule has 0 radical (unpaired) electrons. The summed E-state index contributed by atoms with van der Waals surface area (Å²) in [6.45, 7) is 2.66. The molecule has 0 saturated carbocycles. The molecular formula is C26H29N5O4. The second-order valence-electron chi connectivity index (χ2n) is 8.99. The highest BCUT2D eigenvalue weighted by molar-refractivity contribution is 5.84. The van der Waals surface area contributed by atoms with Gasteiger partial charge in [0.25, 0.3) is 0 Å². The van der Waals surface area contributed by atoms with E-state index in [0.29, 0.717) is 18.2 Å². The zero-order chi connectivity index (χ0) is 24.4. The predicted octanol–water partition coefficient (Wildman–Crippen LogP) is 3.71. The molecule has 0 unspecified atom stereocenters. The number of anilines is 3. The van der Waals surface area contributed by atoms with Gasteiger partial charge >= 0.3 is 6.09 Å². The van der Waals surface area contributed by atoms with E-state index in [1.165, 1.54) is 0 Å². The van der Waals surface area contributed by atoms with Crippen LogP contribution in [0.2, 0.25) is 0 Å². The number of ether oxygens (including phenoxy) is 3. The van der Waals surface area contributed by atoms with E-state index < -0.39 is 12.2 Å². The molecule has 1 amide bonds. The van der Waals surface area contributed by atoms with Gasteiger partial charge in [-0.25, -0.2) is 14.8 Å². The minimum atomic E-state index is -0.528. The maximum absolute atomic E-state index is 12.4. The molecule has 5 rings (SSSR count). The van der Waals surface area contributed by atoms with Crippen molar-refractivity contribution in [3.05, 3.63) is 66.4 Å². The lowest BCUT2D eigenvalue weighted by Crippen LogP contribution is -2.38. The number of carbonyl (C=O) groups is 1. The highest BCUT2D eigenvalue weighted by Crippen LogP contribution is 2.31. The summed E-state index contributed by atoms with van der Waals surface area (Å²) in [7, 11) is 4.02. The molecule has 2 N–H and O–H groups in total. The second-order valence-corrected chi connectivity index (χ2v) is 8.99. The molecule has 0 bridgehead atoms. The number of fused-ring (bicyclic) bond motifs is 1. The molecule has 2 aliphatic rings. The maximum Gasteiger partial charge on any atom is 0.412 e. The van der Waals surface area contributed by atoms with E-state index in [1.807, 2.05) is 63.5 Å². The van der Waals surface area contributed by atoms with Crippen molar-refractivity contribution in [2.24, 2.45) is 0 Å². The summed E-state index contributed by atoms with van der Waals surface area (Å²) in [5, 5.41) is 6.08. The average molecular weight is 476 g/mol. The summed E-state index contributed by atoms with van der Waals surface area (Å²) in [5.41, 5.74) is 4.75. The van der Waals surface area contributed by atoms with Gasteiger partial charge in [-0.15, -0.1) is 0 Å². The molecule has 2 saturated heterocycles. The van der Waals surface area contributed by atoms with Crippen LogP contribution in [0.25, 0.3) is 11.3 Å². The molecule has 9 heteroatoms. The Morgan fingerprint density at radius 2 is 1.74 bits per heavy atom. The fraction of sp³-hybridized carbons (Fsp3) is 0.346. The first kappa shape index (κ1) is 23.1. The van der Waals surface area contributed by atoms with Crippen molar-refractivity contribution in [2.45, 2.75) is 31.3 Å². The molecule has 3 aromatic rings. The third-order valence-corrected chi connectivity index (χ3v) is 6.21. The highest BCUT2D eigenvalue weighted by Gasteiger charge is 2.49. The standard InChI is InChI=1S/C26H29N5O4/c1-16-4-8-18(9-5-16)28-26(32)35-22-15-34-23-21(14-33-24(22)23)30-25-27-13-12-20(29-25)17-6-10-19(11-7-17)31(2)3/h4-13,21-24H,14-15H2,1-3H3,(H,28,32)(H,27,29,30)/t21-,22+,23+,24+/m0/s1. The van der Waals surface area contributed by atoms with Gasteiger partial charge in [-0.05, 0) is 37.3 Å². The van der Waals surface area contributed by atoms with Gasteiger partial charge in [0.05, 0.1) is 24.9 Å². The number of hydrogen-bond acceptors (Lipinski definition) is 8. The first-order valence-corrected chi connectivity index (χ1v) is 11.6. The van der Waals surface area contributed by atoms with Gasteiger partial charge < -0.3 is 24.4 Å². The van der Waals surface area contributed by atoms with Gasteiger partial charge in [-0.3, -0.25) is 5.32 Å². The Kier molecular flexibility index (Phi) is 6.52.